The number of rotatable bonds is 6. The van der Waals surface area contributed by atoms with Gasteiger partial charge >= 0.3 is 6.09 Å². The number of allylic oxidation sites excluding steroid dienone is 1. The zero-order chi connectivity index (χ0) is 33.5. The van der Waals surface area contributed by atoms with E-state index in [1.807, 2.05) is 12.2 Å². The van der Waals surface area contributed by atoms with Gasteiger partial charge in [0.1, 0.15) is 35.2 Å². The molecule has 0 radical (unpaired) electrons. The summed E-state index contributed by atoms with van der Waals surface area (Å²) in [7, 11) is -3.90. The van der Waals surface area contributed by atoms with Crippen LogP contribution < -0.4 is 20.1 Å². The Morgan fingerprint density at radius 1 is 1.13 bits per heavy atom. The molecule has 0 unspecified atom stereocenters. The Balaban J connectivity index is 1.30. The number of benzene rings is 1. The van der Waals surface area contributed by atoms with Crippen LogP contribution in [0.4, 0.5) is 9.18 Å². The van der Waals surface area contributed by atoms with Gasteiger partial charge in [-0.15, -0.1) is 0 Å². The highest BCUT2D eigenvalue weighted by Crippen LogP contribution is 2.46. The maximum absolute atomic E-state index is 14.0. The van der Waals surface area contributed by atoms with Gasteiger partial charge in [0.15, 0.2) is 0 Å². The van der Waals surface area contributed by atoms with Crippen LogP contribution in [0.5, 0.6) is 5.88 Å². The molecule has 14 nitrogen and oxygen atoms in total. The normalized spacial score (nSPS) is 29.0. The highest BCUT2D eigenvalue weighted by atomic mass is 32.2. The van der Waals surface area contributed by atoms with Gasteiger partial charge in [-0.2, -0.15) is 0 Å². The van der Waals surface area contributed by atoms with Crippen LogP contribution in [0, 0.1) is 18.7 Å². The van der Waals surface area contributed by atoms with Crippen LogP contribution in [0.15, 0.2) is 30.4 Å². The van der Waals surface area contributed by atoms with Crippen molar-refractivity contribution in [2.24, 2.45) is 5.92 Å². The molecule has 6 rings (SSSR count). The number of hydrogen-bond donors (Lipinski definition) is 4. The molecular formula is C31H37FN6O8S. The topological polar surface area (TPSA) is 197 Å². The molecule has 3 fully saturated rings. The molecule has 0 spiro atoms. The van der Waals surface area contributed by atoms with Crippen molar-refractivity contribution >= 4 is 44.9 Å². The highest BCUT2D eigenvalue weighted by Gasteiger charge is 2.62. The van der Waals surface area contributed by atoms with Crippen LogP contribution in [-0.2, 0) is 24.4 Å². The number of sulfonamides is 1. The fraction of sp³-hybridized carbons (Fsp3) is 0.548. The van der Waals surface area contributed by atoms with E-state index >= 15 is 0 Å². The predicted octanol–water partition coefficient (Wildman–Crippen LogP) is 2.07. The van der Waals surface area contributed by atoms with Gasteiger partial charge in [-0.3, -0.25) is 19.1 Å². The van der Waals surface area contributed by atoms with Crippen molar-refractivity contribution in [3.8, 4) is 5.88 Å². The number of carboxylic acid groups (broad SMARTS) is 1. The summed E-state index contributed by atoms with van der Waals surface area (Å²) in [4.78, 5) is 63.2. The fourth-order valence-electron chi connectivity index (χ4n) is 6.37. The second-order valence-electron chi connectivity index (χ2n) is 12.7. The van der Waals surface area contributed by atoms with Gasteiger partial charge in [-0.25, -0.2) is 27.6 Å². The van der Waals surface area contributed by atoms with Crippen molar-refractivity contribution in [3.05, 3.63) is 41.9 Å². The summed E-state index contributed by atoms with van der Waals surface area (Å²) in [5.41, 5.74) is -0.436. The van der Waals surface area contributed by atoms with Gasteiger partial charge < -0.3 is 25.4 Å². The lowest BCUT2D eigenvalue weighted by atomic mass is 10.1. The molecule has 1 aromatic carbocycles. The fourth-order valence-corrected chi connectivity index (χ4v) is 7.73. The van der Waals surface area contributed by atoms with E-state index in [1.165, 1.54) is 23.1 Å². The summed E-state index contributed by atoms with van der Waals surface area (Å²) in [6.07, 6.45) is 5.42. The Hall–Kier alpha value is -4.34. The Bertz CT molecular complexity index is 1750. The van der Waals surface area contributed by atoms with Crippen molar-refractivity contribution in [2.45, 2.75) is 93.7 Å². The number of carbonyl (C=O) groups is 4. The molecule has 2 aromatic rings. The van der Waals surface area contributed by atoms with Crippen LogP contribution in [0.2, 0.25) is 0 Å². The number of carbonyl (C=O) groups excluding carboxylic acids is 3. The molecule has 4 amide bonds. The van der Waals surface area contributed by atoms with Gasteiger partial charge in [-0.1, -0.05) is 25.0 Å². The monoisotopic (exact) mass is 672 g/mol. The largest absolute Gasteiger partial charge is 0.471 e. The van der Waals surface area contributed by atoms with E-state index in [1.54, 1.807) is 6.92 Å². The molecule has 0 bridgehead atoms. The van der Waals surface area contributed by atoms with Crippen LogP contribution in [0.1, 0.15) is 63.5 Å². The first-order valence-corrected chi connectivity index (χ1v) is 17.4. The SMILES string of the molecule is Cc1nc2ccc(F)cc2nc1O[C@@H]1C[C@H]2C(=O)N[C@]3(C(=O)NS(=O)(=O)C4CC4)C[C@H]3/C=C\CCCCC[C@H](NC(=O)O)C(=O)N2C1. The number of aromatic nitrogens is 2. The Kier molecular flexibility index (Phi) is 8.80. The van der Waals surface area contributed by atoms with E-state index in [-0.39, 0.29) is 37.2 Å². The standard InChI is InChI=1S/C31H37FN6O8S/c1-17-27(34-24-13-19(32)9-12-22(24)33-17)46-20-14-25-26(39)36-31(29(41)37-47(44,45)21-10-11-21)15-18(31)7-5-3-2-4-6-8-23(35-30(42)43)28(40)38(25)16-20/h5,7,9,12-13,18,20-21,23,25,35H,2-4,6,8,10-11,14-16H2,1H3,(H,36,39)(H,37,41)(H,42,43)/b7-5-/t18-,20-,23+,25+,31-/m1/s1. The average molecular weight is 673 g/mol. The molecular weight excluding hydrogens is 635 g/mol. The molecule has 5 atom stereocenters. The van der Waals surface area contributed by atoms with Crippen molar-refractivity contribution in [2.75, 3.05) is 6.54 Å². The first-order valence-electron chi connectivity index (χ1n) is 15.8. The molecule has 2 saturated carbocycles. The lowest BCUT2D eigenvalue weighted by molar-refractivity contribution is -0.141. The number of halogens is 1. The minimum atomic E-state index is -3.90. The van der Waals surface area contributed by atoms with Crippen LogP contribution in [0.3, 0.4) is 0 Å². The van der Waals surface area contributed by atoms with E-state index in [0.29, 0.717) is 43.3 Å². The third-order valence-electron chi connectivity index (χ3n) is 9.18. The number of ether oxygens (including phenoxy) is 1. The summed E-state index contributed by atoms with van der Waals surface area (Å²) in [5, 5.41) is 13.9. The first kappa shape index (κ1) is 32.6. The number of aryl methyl sites for hydroxylation is 1. The van der Waals surface area contributed by atoms with Crippen molar-refractivity contribution in [3.63, 3.8) is 0 Å². The smallest absolute Gasteiger partial charge is 0.405 e. The molecule has 4 N–H and O–H groups in total. The number of nitrogens with zero attached hydrogens (tertiary/aromatic N) is 3. The summed E-state index contributed by atoms with van der Waals surface area (Å²) in [5.74, 6) is -3.05. The average Bonchev–Trinajstić information content (AvgIpc) is 3.93. The second-order valence-corrected chi connectivity index (χ2v) is 14.7. The first-order chi connectivity index (χ1) is 22.4. The zero-order valence-corrected chi connectivity index (χ0v) is 26.6. The lowest BCUT2D eigenvalue weighted by Crippen LogP contribution is -2.58. The summed E-state index contributed by atoms with van der Waals surface area (Å²) in [6, 6.07) is 1.64. The van der Waals surface area contributed by atoms with Crippen LogP contribution in [-0.4, -0.2) is 87.7 Å². The molecule has 252 valence electrons. The van der Waals surface area contributed by atoms with E-state index in [9.17, 15) is 37.1 Å². The highest BCUT2D eigenvalue weighted by molar-refractivity contribution is 7.91. The molecule has 1 aromatic heterocycles. The summed E-state index contributed by atoms with van der Waals surface area (Å²) < 4.78 is 47.5. The Morgan fingerprint density at radius 2 is 1.91 bits per heavy atom. The second kappa shape index (κ2) is 12.7. The maximum atomic E-state index is 14.0. The molecule has 2 aliphatic heterocycles. The zero-order valence-electron chi connectivity index (χ0n) is 25.8. The minimum absolute atomic E-state index is 0.0434. The molecule has 4 aliphatic rings. The van der Waals surface area contributed by atoms with Crippen molar-refractivity contribution < 1.29 is 41.8 Å². The van der Waals surface area contributed by atoms with E-state index in [0.717, 1.165) is 6.42 Å². The number of nitrogens with one attached hydrogen (secondary N) is 3. The number of hydrogen-bond acceptors (Lipinski definition) is 9. The van der Waals surface area contributed by atoms with Crippen LogP contribution in [0.25, 0.3) is 11.0 Å². The van der Waals surface area contributed by atoms with Crippen molar-refractivity contribution in [1.82, 2.24) is 30.2 Å². The molecule has 2 aliphatic carbocycles. The summed E-state index contributed by atoms with van der Waals surface area (Å²) in [6.45, 7) is 1.54. The van der Waals surface area contributed by atoms with Gasteiger partial charge in [0, 0.05) is 18.4 Å². The van der Waals surface area contributed by atoms with Gasteiger partial charge in [-0.05, 0) is 57.6 Å². The molecule has 1 saturated heterocycles. The molecule has 47 heavy (non-hydrogen) atoms. The quantitative estimate of drug-likeness (QED) is 0.330. The van der Waals surface area contributed by atoms with Gasteiger partial charge in [0.05, 0.1) is 22.8 Å². The third kappa shape index (κ3) is 7.01. The number of amides is 4. The summed E-state index contributed by atoms with van der Waals surface area (Å²) >= 11 is 0. The molecule has 16 heteroatoms. The van der Waals surface area contributed by atoms with E-state index in [2.05, 4.69) is 25.3 Å². The van der Waals surface area contributed by atoms with Crippen molar-refractivity contribution in [1.29, 1.82) is 0 Å². The van der Waals surface area contributed by atoms with Gasteiger partial charge in [0.25, 0.3) is 5.91 Å². The van der Waals surface area contributed by atoms with E-state index in [4.69, 9.17) is 4.74 Å². The number of fused-ring (bicyclic) bond motifs is 3. The maximum Gasteiger partial charge on any atom is 0.405 e. The van der Waals surface area contributed by atoms with Crippen LogP contribution >= 0.6 is 0 Å². The Morgan fingerprint density at radius 3 is 2.66 bits per heavy atom. The van der Waals surface area contributed by atoms with Gasteiger partial charge in [0.2, 0.25) is 27.7 Å². The third-order valence-corrected chi connectivity index (χ3v) is 11.0. The Labute approximate surface area is 270 Å². The predicted molar refractivity (Wildman–Crippen MR) is 165 cm³/mol. The minimum Gasteiger partial charge on any atom is -0.471 e. The van der Waals surface area contributed by atoms with E-state index < -0.39 is 74.5 Å². The molecule has 3 heterocycles. The lowest BCUT2D eigenvalue weighted by Gasteiger charge is -2.29.